The van der Waals surface area contributed by atoms with Gasteiger partial charge in [0.05, 0.1) is 18.2 Å². The van der Waals surface area contributed by atoms with Crippen molar-refractivity contribution >= 4 is 29.7 Å². The molecule has 0 radical (unpaired) electrons. The average Bonchev–Trinajstić information content (AvgIpc) is 2.60. The van der Waals surface area contributed by atoms with Crippen LogP contribution < -0.4 is 10.6 Å². The molecule has 1 heterocycles. The van der Waals surface area contributed by atoms with Crippen molar-refractivity contribution in [3.05, 3.63) is 22.8 Å². The summed E-state index contributed by atoms with van der Waals surface area (Å²) >= 11 is 1.23. The first-order valence-electron chi connectivity index (χ1n) is 7.94. The molecule has 11 heteroatoms. The van der Waals surface area contributed by atoms with Crippen LogP contribution in [0.3, 0.4) is 0 Å². The Balaban J connectivity index is 2.42. The van der Waals surface area contributed by atoms with Crippen LogP contribution in [0.15, 0.2) is 6.07 Å². The minimum absolute atomic E-state index is 0.0457. The first-order valence-corrected chi connectivity index (χ1v) is 9.10. The zero-order valence-electron chi connectivity index (χ0n) is 14.4. The Hall–Kier alpha value is -2.66. The summed E-state index contributed by atoms with van der Waals surface area (Å²) in [6.07, 6.45) is -1.49. The number of ether oxygens (including phenoxy) is 1. The third-order valence-corrected chi connectivity index (χ3v) is 5.11. The van der Waals surface area contributed by atoms with Crippen LogP contribution >= 0.6 is 11.8 Å². The lowest BCUT2D eigenvalue weighted by atomic mass is 10.0. The molecule has 1 aliphatic heterocycles. The van der Waals surface area contributed by atoms with E-state index in [-0.39, 0.29) is 46.3 Å². The molecule has 2 atom stereocenters. The van der Waals surface area contributed by atoms with Gasteiger partial charge < -0.3 is 35.8 Å². The standard InChI is InChI=1S/C16H20N2O8S/c1-7-11(20)2-12(21)9-6-27-5-8(3-19)17-14(22)10(18-16(24)25)4-26-15(23)13(7)9/h2,8,10,18-21H,3-6H2,1H3,(H,17,22)(H,24,25)/t8-,10+/m1/s1. The first kappa shape index (κ1) is 20.6. The average molecular weight is 400 g/mol. The highest BCUT2D eigenvalue weighted by Crippen LogP contribution is 2.35. The number of esters is 1. The molecule has 0 saturated heterocycles. The van der Waals surface area contributed by atoms with E-state index in [4.69, 9.17) is 9.84 Å². The molecule has 0 aromatic heterocycles. The smallest absolute Gasteiger partial charge is 0.405 e. The molecule has 0 spiro atoms. The van der Waals surface area contributed by atoms with Crippen LogP contribution in [0, 0.1) is 6.92 Å². The molecule has 0 bridgehead atoms. The lowest BCUT2D eigenvalue weighted by Crippen LogP contribution is -2.53. The van der Waals surface area contributed by atoms with Crippen LogP contribution in [0.2, 0.25) is 0 Å². The van der Waals surface area contributed by atoms with E-state index in [2.05, 4.69) is 5.32 Å². The Kier molecular flexibility index (Phi) is 6.75. The van der Waals surface area contributed by atoms with E-state index in [1.165, 1.54) is 18.7 Å². The number of fused-ring (bicyclic) bond motifs is 1. The molecule has 2 amide bonds. The number of carbonyl (C=O) groups is 3. The van der Waals surface area contributed by atoms with Crippen molar-refractivity contribution in [1.29, 1.82) is 0 Å². The maximum Gasteiger partial charge on any atom is 0.405 e. The van der Waals surface area contributed by atoms with Gasteiger partial charge in [0, 0.05) is 28.7 Å². The van der Waals surface area contributed by atoms with Crippen molar-refractivity contribution in [2.24, 2.45) is 0 Å². The summed E-state index contributed by atoms with van der Waals surface area (Å²) in [5, 5.41) is 42.8. The number of phenolic OH excluding ortho intramolecular Hbond substituents is 2. The maximum absolute atomic E-state index is 12.5. The van der Waals surface area contributed by atoms with E-state index in [0.717, 1.165) is 6.07 Å². The van der Waals surface area contributed by atoms with Crippen LogP contribution in [-0.4, -0.2) is 69.4 Å². The van der Waals surface area contributed by atoms with Gasteiger partial charge in [0.1, 0.15) is 24.1 Å². The van der Waals surface area contributed by atoms with Crippen LogP contribution in [0.5, 0.6) is 11.5 Å². The highest BCUT2D eigenvalue weighted by Gasteiger charge is 2.28. The van der Waals surface area contributed by atoms with Crippen molar-refractivity contribution in [3.63, 3.8) is 0 Å². The Labute approximate surface area is 158 Å². The number of phenols is 2. The summed E-state index contributed by atoms with van der Waals surface area (Å²) in [4.78, 5) is 35.6. The predicted octanol–water partition coefficient (Wildman–Crippen LogP) is -0.0769. The number of carboxylic acid groups (broad SMARTS) is 1. The Morgan fingerprint density at radius 2 is 2.07 bits per heavy atom. The number of aliphatic hydroxyl groups excluding tert-OH is 1. The molecular formula is C16H20N2O8S. The summed E-state index contributed by atoms with van der Waals surface area (Å²) in [5.74, 6) is -1.83. The molecular weight excluding hydrogens is 380 g/mol. The van der Waals surface area contributed by atoms with E-state index in [9.17, 15) is 29.7 Å². The third kappa shape index (κ3) is 4.95. The molecule has 1 aromatic carbocycles. The second-order valence-corrected chi connectivity index (χ2v) is 6.93. The minimum atomic E-state index is -1.49. The number of hydrogen-bond acceptors (Lipinski definition) is 8. The van der Waals surface area contributed by atoms with Gasteiger partial charge in [-0.05, 0) is 6.92 Å². The summed E-state index contributed by atoms with van der Waals surface area (Å²) in [7, 11) is 0. The van der Waals surface area contributed by atoms with Gasteiger partial charge in [0.25, 0.3) is 0 Å². The predicted molar refractivity (Wildman–Crippen MR) is 94.9 cm³/mol. The van der Waals surface area contributed by atoms with Crippen LogP contribution in [0.25, 0.3) is 0 Å². The highest BCUT2D eigenvalue weighted by atomic mass is 32.2. The van der Waals surface area contributed by atoms with Gasteiger partial charge in [-0.1, -0.05) is 0 Å². The molecule has 0 unspecified atom stereocenters. The highest BCUT2D eigenvalue weighted by molar-refractivity contribution is 7.98. The summed E-state index contributed by atoms with van der Waals surface area (Å²) in [6, 6.07) is -0.937. The zero-order chi connectivity index (χ0) is 20.1. The van der Waals surface area contributed by atoms with Crippen molar-refractivity contribution in [3.8, 4) is 11.5 Å². The lowest BCUT2D eigenvalue weighted by Gasteiger charge is -2.23. The quantitative estimate of drug-likeness (QED) is 0.372. The number of aliphatic hydroxyl groups is 1. The largest absolute Gasteiger partial charge is 0.508 e. The van der Waals surface area contributed by atoms with Crippen molar-refractivity contribution < 1.29 is 39.5 Å². The van der Waals surface area contributed by atoms with E-state index < -0.39 is 36.7 Å². The number of benzene rings is 1. The minimum Gasteiger partial charge on any atom is -0.508 e. The van der Waals surface area contributed by atoms with Gasteiger partial charge in [-0.25, -0.2) is 9.59 Å². The van der Waals surface area contributed by atoms with Crippen LogP contribution in [-0.2, 0) is 15.3 Å². The number of rotatable bonds is 2. The van der Waals surface area contributed by atoms with Gasteiger partial charge >= 0.3 is 12.1 Å². The number of cyclic esters (lactones) is 1. The first-order chi connectivity index (χ1) is 12.7. The van der Waals surface area contributed by atoms with Gasteiger partial charge in [-0.15, -0.1) is 0 Å². The number of amides is 2. The fourth-order valence-electron chi connectivity index (χ4n) is 2.54. The number of hydrogen-bond donors (Lipinski definition) is 6. The number of thioether (sulfide) groups is 1. The normalized spacial score (nSPS) is 21.1. The molecule has 10 nitrogen and oxygen atoms in total. The van der Waals surface area contributed by atoms with Gasteiger partial charge in [0.2, 0.25) is 5.91 Å². The SMILES string of the molecule is Cc1c(O)cc(O)c2c1C(=O)OC[C@H](NC(=O)O)C(=O)N[C@H](CO)CSC2. The van der Waals surface area contributed by atoms with E-state index in [1.807, 2.05) is 5.32 Å². The zero-order valence-corrected chi connectivity index (χ0v) is 15.2. The van der Waals surface area contributed by atoms with Crippen molar-refractivity contribution in [1.82, 2.24) is 10.6 Å². The number of carbonyl (C=O) groups excluding carboxylic acids is 2. The van der Waals surface area contributed by atoms with Crippen molar-refractivity contribution in [2.45, 2.75) is 24.8 Å². The summed E-state index contributed by atoms with van der Waals surface area (Å²) < 4.78 is 5.07. The topological polar surface area (TPSA) is 165 Å². The van der Waals surface area contributed by atoms with Gasteiger partial charge in [-0.2, -0.15) is 11.8 Å². The van der Waals surface area contributed by atoms with Gasteiger partial charge in [0.15, 0.2) is 0 Å². The number of aromatic hydroxyl groups is 2. The molecule has 0 saturated carbocycles. The van der Waals surface area contributed by atoms with Gasteiger partial charge in [-0.3, -0.25) is 4.79 Å². The monoisotopic (exact) mass is 400 g/mol. The molecule has 6 N–H and O–H groups in total. The van der Waals surface area contributed by atoms with Crippen LogP contribution in [0.4, 0.5) is 4.79 Å². The number of nitrogens with one attached hydrogen (secondary N) is 2. The molecule has 0 fully saturated rings. The molecule has 1 aliphatic rings. The van der Waals surface area contributed by atoms with E-state index >= 15 is 0 Å². The molecule has 27 heavy (non-hydrogen) atoms. The van der Waals surface area contributed by atoms with Crippen molar-refractivity contribution in [2.75, 3.05) is 19.0 Å². The third-order valence-electron chi connectivity index (χ3n) is 3.98. The second-order valence-electron chi connectivity index (χ2n) is 5.90. The summed E-state index contributed by atoms with van der Waals surface area (Å²) in [6.45, 7) is 0.491. The fraction of sp³-hybridized carbons (Fsp3) is 0.438. The van der Waals surface area contributed by atoms with E-state index in [1.54, 1.807) is 0 Å². The molecule has 1 aromatic rings. The second kappa shape index (κ2) is 8.82. The molecule has 0 aliphatic carbocycles. The van der Waals surface area contributed by atoms with Crippen LogP contribution in [0.1, 0.15) is 21.5 Å². The Morgan fingerprint density at radius 3 is 2.70 bits per heavy atom. The van der Waals surface area contributed by atoms with E-state index in [0.29, 0.717) is 0 Å². The fourth-order valence-corrected chi connectivity index (χ4v) is 3.63. The molecule has 2 rings (SSSR count). The Bertz CT molecular complexity index is 754. The molecule has 148 valence electrons. The summed E-state index contributed by atoms with van der Waals surface area (Å²) in [5.41, 5.74) is 0.388. The Morgan fingerprint density at radius 1 is 1.37 bits per heavy atom. The maximum atomic E-state index is 12.5. The lowest BCUT2D eigenvalue weighted by molar-refractivity contribution is -0.124.